The summed E-state index contributed by atoms with van der Waals surface area (Å²) in [5.74, 6) is -0.540. The van der Waals surface area contributed by atoms with Crippen molar-refractivity contribution in [2.45, 2.75) is 64.1 Å². The highest BCUT2D eigenvalue weighted by Crippen LogP contribution is 2.41. The second kappa shape index (κ2) is 8.62. The normalized spacial score (nSPS) is 28.3. The van der Waals surface area contributed by atoms with E-state index in [0.717, 1.165) is 0 Å². The number of halogens is 2. The second-order valence-electron chi connectivity index (χ2n) is 8.77. The first-order valence-corrected chi connectivity index (χ1v) is 12.8. The summed E-state index contributed by atoms with van der Waals surface area (Å²) in [5.41, 5.74) is 0.326. The highest BCUT2D eigenvalue weighted by Gasteiger charge is 2.56. The number of hydroxylamine groups is 2. The van der Waals surface area contributed by atoms with Gasteiger partial charge in [-0.1, -0.05) is 20.8 Å². The minimum absolute atomic E-state index is 0.0696. The zero-order chi connectivity index (χ0) is 21.5. The van der Waals surface area contributed by atoms with Crippen molar-refractivity contribution in [2.75, 3.05) is 13.7 Å². The van der Waals surface area contributed by atoms with E-state index in [9.17, 15) is 9.18 Å². The molecule has 2 saturated heterocycles. The molecule has 0 amide bonds. The number of rotatable bonds is 6. The number of cyclic esters (lactones) is 1. The summed E-state index contributed by atoms with van der Waals surface area (Å²) < 4.78 is 32.2. The molecule has 162 valence electrons. The fraction of sp³-hybridized carbons (Fsp3) is 0.650. The van der Waals surface area contributed by atoms with Crippen LogP contribution in [0.4, 0.5) is 4.39 Å². The molecule has 1 unspecified atom stereocenters. The summed E-state index contributed by atoms with van der Waals surface area (Å²) in [6, 6.07) is 2.36. The smallest absolute Gasteiger partial charge is 0.326 e. The minimum atomic E-state index is -1.45. The van der Waals surface area contributed by atoms with Gasteiger partial charge in [0.2, 0.25) is 0 Å². The summed E-state index contributed by atoms with van der Waals surface area (Å²) in [4.78, 5) is 18.6. The molecule has 2 aliphatic heterocycles. The third kappa shape index (κ3) is 4.53. The summed E-state index contributed by atoms with van der Waals surface area (Å²) >= 11 is 3.38. The number of hydrogen-bond donors (Lipinski definition) is 0. The molecule has 1 aromatic carbocycles. The number of carbonyl (C=O) groups excluding carboxylic acids is 1. The van der Waals surface area contributed by atoms with Crippen LogP contribution < -0.4 is 4.74 Å². The Morgan fingerprint density at radius 3 is 2.66 bits per heavy atom. The first-order chi connectivity index (χ1) is 13.5. The van der Waals surface area contributed by atoms with E-state index in [1.54, 1.807) is 6.07 Å². The molecular formula is C20H29BrFNO5Si. The molecule has 0 N–H and O–H groups in total. The molecule has 3 rings (SSSR count). The number of esters is 1. The van der Waals surface area contributed by atoms with Gasteiger partial charge < -0.3 is 13.9 Å². The zero-order valence-corrected chi connectivity index (χ0v) is 20.4. The molecule has 29 heavy (non-hydrogen) atoms. The summed E-state index contributed by atoms with van der Waals surface area (Å²) in [5, 5.41) is 1.65. The van der Waals surface area contributed by atoms with Gasteiger partial charge in [-0.25, -0.2) is 4.39 Å². The highest BCUT2D eigenvalue weighted by atomic mass is 79.9. The van der Waals surface area contributed by atoms with Crippen molar-refractivity contribution >= 4 is 30.9 Å². The van der Waals surface area contributed by atoms with Crippen LogP contribution in [0.5, 0.6) is 5.75 Å². The van der Waals surface area contributed by atoms with Gasteiger partial charge in [0.15, 0.2) is 9.04 Å². The molecule has 9 heteroatoms. The van der Waals surface area contributed by atoms with Crippen molar-refractivity contribution in [1.82, 2.24) is 5.06 Å². The van der Waals surface area contributed by atoms with Crippen LogP contribution in [0.2, 0.25) is 11.6 Å². The van der Waals surface area contributed by atoms with Crippen LogP contribution in [-0.2, 0) is 25.3 Å². The monoisotopic (exact) mass is 489 g/mol. The maximum absolute atomic E-state index is 14.6. The summed E-state index contributed by atoms with van der Waals surface area (Å²) in [6.07, 6.45) is -0.605. The molecule has 0 saturated carbocycles. The Labute approximate surface area is 181 Å². The number of ether oxygens (including phenoxy) is 2. The first kappa shape index (κ1) is 22.7. The van der Waals surface area contributed by atoms with E-state index in [1.807, 2.05) is 6.92 Å². The van der Waals surface area contributed by atoms with E-state index < -0.39 is 20.9 Å². The molecule has 1 aromatic rings. The molecule has 2 heterocycles. The molecule has 6 nitrogen and oxygen atoms in total. The topological polar surface area (TPSA) is 57.2 Å². The molecule has 5 atom stereocenters. The van der Waals surface area contributed by atoms with Crippen molar-refractivity contribution in [3.63, 3.8) is 0 Å². The van der Waals surface area contributed by atoms with Gasteiger partial charge in [-0.3, -0.25) is 9.63 Å². The Balaban J connectivity index is 1.82. The number of fused-ring (bicyclic) bond motifs is 1. The van der Waals surface area contributed by atoms with E-state index in [1.165, 1.54) is 18.2 Å². The Kier molecular flexibility index (Phi) is 6.74. The zero-order valence-electron chi connectivity index (χ0n) is 17.7. The van der Waals surface area contributed by atoms with Crippen LogP contribution in [0.15, 0.2) is 16.6 Å². The van der Waals surface area contributed by atoms with Crippen LogP contribution in [0.1, 0.15) is 33.3 Å². The van der Waals surface area contributed by atoms with Crippen LogP contribution in [0.25, 0.3) is 0 Å². The Morgan fingerprint density at radius 1 is 1.34 bits per heavy atom. The van der Waals surface area contributed by atoms with Gasteiger partial charge >= 0.3 is 5.97 Å². The van der Waals surface area contributed by atoms with E-state index in [0.29, 0.717) is 22.4 Å². The molecule has 0 aromatic heterocycles. The average Bonchev–Trinajstić information content (AvgIpc) is 3.14. The standard InChI is InChI=1S/C20H29BrFNO5Si/c1-11-16-15(10-26-29(6)20(2,3)4)28-23(17(16)19(24)27-11)9-12-14(22)8-7-13(21)18(12)25-5/h7-8,11,15-17,29H,9-10H2,1-6H3/t11-,15-,16+,17-,29?/m0/s1. The molecule has 2 fully saturated rings. The van der Waals surface area contributed by atoms with Gasteiger partial charge in [0.25, 0.3) is 0 Å². The lowest BCUT2D eigenvalue weighted by atomic mass is 9.93. The van der Waals surface area contributed by atoms with Gasteiger partial charge in [0.05, 0.1) is 30.7 Å². The minimum Gasteiger partial charge on any atom is -0.495 e. The van der Waals surface area contributed by atoms with E-state index in [2.05, 4.69) is 43.2 Å². The third-order valence-corrected chi connectivity index (χ3v) is 9.62. The van der Waals surface area contributed by atoms with Gasteiger partial charge in [0.1, 0.15) is 29.8 Å². The third-order valence-electron chi connectivity index (χ3n) is 5.86. The average molecular weight is 490 g/mol. The highest BCUT2D eigenvalue weighted by molar-refractivity contribution is 9.10. The van der Waals surface area contributed by atoms with E-state index in [-0.39, 0.29) is 35.7 Å². The number of benzene rings is 1. The maximum atomic E-state index is 14.6. The van der Waals surface area contributed by atoms with Crippen molar-refractivity contribution < 1.29 is 27.9 Å². The van der Waals surface area contributed by atoms with Crippen molar-refractivity contribution in [1.29, 1.82) is 0 Å². The van der Waals surface area contributed by atoms with Crippen LogP contribution >= 0.6 is 15.9 Å². The fourth-order valence-corrected chi connectivity index (χ4v) is 5.25. The quantitative estimate of drug-likeness (QED) is 0.447. The Bertz CT molecular complexity index is 774. The molecule has 2 aliphatic rings. The largest absolute Gasteiger partial charge is 0.495 e. The predicted molar refractivity (Wildman–Crippen MR) is 113 cm³/mol. The number of hydrogen-bond acceptors (Lipinski definition) is 6. The maximum Gasteiger partial charge on any atom is 0.326 e. The van der Waals surface area contributed by atoms with Gasteiger partial charge in [0, 0.05) is 5.56 Å². The lowest BCUT2D eigenvalue weighted by Crippen LogP contribution is -2.36. The van der Waals surface area contributed by atoms with Gasteiger partial charge in [-0.05, 0) is 46.6 Å². The summed E-state index contributed by atoms with van der Waals surface area (Å²) in [6.45, 7) is 11.0. The Hall–Kier alpha value is -1.00. The SMILES string of the molecule is COc1c(Br)ccc(F)c1CN1O[C@@H](CO[SiH](C)C(C)(C)C)[C@H]2[C@H](C)OC(=O)[C@H]21. The van der Waals surface area contributed by atoms with Crippen molar-refractivity contribution in [3.8, 4) is 5.75 Å². The van der Waals surface area contributed by atoms with Crippen LogP contribution in [0, 0.1) is 11.7 Å². The van der Waals surface area contributed by atoms with Crippen molar-refractivity contribution in [3.05, 3.63) is 28.0 Å². The molecule has 0 spiro atoms. The fourth-order valence-electron chi connectivity index (χ4n) is 3.74. The van der Waals surface area contributed by atoms with Gasteiger partial charge in [-0.15, -0.1) is 0 Å². The number of nitrogens with zero attached hydrogens (tertiary/aromatic N) is 1. The second-order valence-corrected chi connectivity index (χ2v) is 13.0. The number of carbonyl (C=O) groups is 1. The van der Waals surface area contributed by atoms with Crippen LogP contribution in [0.3, 0.4) is 0 Å². The molecule has 0 radical (unpaired) electrons. The van der Waals surface area contributed by atoms with E-state index >= 15 is 0 Å². The van der Waals surface area contributed by atoms with Crippen molar-refractivity contribution in [2.24, 2.45) is 5.92 Å². The molecular weight excluding hydrogens is 461 g/mol. The number of methoxy groups -OCH3 is 1. The first-order valence-electron chi connectivity index (χ1n) is 9.81. The van der Waals surface area contributed by atoms with Crippen LogP contribution in [-0.4, -0.2) is 52.0 Å². The molecule has 0 aliphatic carbocycles. The lowest BCUT2D eigenvalue weighted by Gasteiger charge is -2.28. The lowest BCUT2D eigenvalue weighted by molar-refractivity contribution is -0.195. The van der Waals surface area contributed by atoms with E-state index in [4.69, 9.17) is 18.7 Å². The van der Waals surface area contributed by atoms with Gasteiger partial charge in [-0.2, -0.15) is 5.06 Å². The molecule has 0 bridgehead atoms. The Morgan fingerprint density at radius 2 is 2.03 bits per heavy atom. The predicted octanol–water partition coefficient (Wildman–Crippen LogP) is 3.81. The summed E-state index contributed by atoms with van der Waals surface area (Å²) in [7, 11) is 0.0357.